The number of aromatic nitrogens is 3. The number of ether oxygens (including phenoxy) is 2. The van der Waals surface area contributed by atoms with Crippen molar-refractivity contribution >= 4 is 23.2 Å². The number of benzene rings is 3. The number of nitrogens with one attached hydrogen (secondary N) is 1. The summed E-state index contributed by atoms with van der Waals surface area (Å²) in [6.07, 6.45) is -0.121. The van der Waals surface area contributed by atoms with Crippen molar-refractivity contribution in [3.63, 3.8) is 0 Å². The van der Waals surface area contributed by atoms with Crippen LogP contribution in [-0.4, -0.2) is 33.4 Å². The molecule has 0 aliphatic carbocycles. The van der Waals surface area contributed by atoms with Crippen LogP contribution >= 0.6 is 11.6 Å². The zero-order chi connectivity index (χ0) is 24.1. The number of rotatable bonds is 8. The van der Waals surface area contributed by atoms with E-state index in [1.165, 1.54) is 12.1 Å². The second-order valence-corrected chi connectivity index (χ2v) is 8.08. The van der Waals surface area contributed by atoms with E-state index in [1.807, 2.05) is 13.8 Å². The van der Waals surface area contributed by atoms with Crippen molar-refractivity contribution in [2.24, 2.45) is 0 Å². The molecule has 4 rings (SSSR count). The van der Waals surface area contributed by atoms with E-state index < -0.39 is 0 Å². The Morgan fingerprint density at radius 1 is 1.09 bits per heavy atom. The Kier molecular flexibility index (Phi) is 7.08. The summed E-state index contributed by atoms with van der Waals surface area (Å²) in [6.45, 7) is 3.60. The lowest BCUT2D eigenvalue weighted by Gasteiger charge is -2.09. The highest BCUT2D eigenvalue weighted by Crippen LogP contribution is 2.25. The molecule has 9 heteroatoms. The van der Waals surface area contributed by atoms with Crippen LogP contribution in [0.3, 0.4) is 0 Å². The molecule has 3 aromatic carbocycles. The van der Waals surface area contributed by atoms with Gasteiger partial charge in [0, 0.05) is 16.3 Å². The van der Waals surface area contributed by atoms with Crippen molar-refractivity contribution in [3.8, 4) is 28.8 Å². The third-order valence-corrected chi connectivity index (χ3v) is 4.84. The lowest BCUT2D eigenvalue weighted by atomic mass is 10.2. The lowest BCUT2D eigenvalue weighted by Crippen LogP contribution is -2.20. The van der Waals surface area contributed by atoms with Crippen LogP contribution in [0.15, 0.2) is 72.8 Å². The first-order valence-corrected chi connectivity index (χ1v) is 10.9. The van der Waals surface area contributed by atoms with E-state index in [2.05, 4.69) is 15.4 Å². The standard InChI is InChI=1S/C25H22ClFN4O3/c1-16(2)34-25-29-24(17-4-3-5-19(27)14-17)31(30-25)21-10-8-20(9-11-21)28-23(32)15-33-22-12-6-18(26)7-13-22/h3-14,16H,15H2,1-2H3,(H,28,32). The Morgan fingerprint density at radius 3 is 2.50 bits per heavy atom. The van der Waals surface area contributed by atoms with Crippen LogP contribution < -0.4 is 14.8 Å². The first kappa shape index (κ1) is 23.3. The van der Waals surface area contributed by atoms with Gasteiger partial charge in [0.25, 0.3) is 5.91 Å². The Balaban J connectivity index is 1.49. The molecule has 0 fully saturated rings. The summed E-state index contributed by atoms with van der Waals surface area (Å²) in [7, 11) is 0. The molecule has 1 amide bonds. The fourth-order valence-electron chi connectivity index (χ4n) is 3.11. The average Bonchev–Trinajstić information content (AvgIpc) is 3.22. The van der Waals surface area contributed by atoms with Crippen molar-refractivity contribution < 1.29 is 18.7 Å². The van der Waals surface area contributed by atoms with Crippen molar-refractivity contribution in [2.45, 2.75) is 20.0 Å². The van der Waals surface area contributed by atoms with Gasteiger partial charge < -0.3 is 14.8 Å². The molecular formula is C25H22ClFN4O3. The molecule has 174 valence electrons. The molecule has 0 spiro atoms. The second-order valence-electron chi connectivity index (χ2n) is 7.64. The monoisotopic (exact) mass is 480 g/mol. The van der Waals surface area contributed by atoms with Gasteiger partial charge in [-0.1, -0.05) is 23.7 Å². The molecule has 0 atom stereocenters. The van der Waals surface area contributed by atoms with Gasteiger partial charge >= 0.3 is 6.01 Å². The number of hydrogen-bond acceptors (Lipinski definition) is 5. The van der Waals surface area contributed by atoms with Gasteiger partial charge in [0.15, 0.2) is 12.4 Å². The summed E-state index contributed by atoms with van der Waals surface area (Å²) in [5.41, 5.74) is 1.81. The van der Waals surface area contributed by atoms with Gasteiger partial charge in [0.2, 0.25) is 0 Å². The summed E-state index contributed by atoms with van der Waals surface area (Å²) in [6, 6.07) is 20.1. The highest BCUT2D eigenvalue weighted by Gasteiger charge is 2.16. The molecule has 0 bridgehead atoms. The van der Waals surface area contributed by atoms with Gasteiger partial charge in [0.05, 0.1) is 11.8 Å². The summed E-state index contributed by atoms with van der Waals surface area (Å²) in [4.78, 5) is 16.7. The zero-order valence-corrected chi connectivity index (χ0v) is 19.3. The molecule has 0 saturated carbocycles. The molecule has 7 nitrogen and oxygen atoms in total. The van der Waals surface area contributed by atoms with Gasteiger partial charge in [-0.25, -0.2) is 9.07 Å². The minimum absolute atomic E-state index is 0.121. The van der Waals surface area contributed by atoms with Crippen LogP contribution in [0.1, 0.15) is 13.8 Å². The quantitative estimate of drug-likeness (QED) is 0.358. The van der Waals surface area contributed by atoms with Crippen molar-refractivity contribution in [1.29, 1.82) is 0 Å². The molecule has 0 unspecified atom stereocenters. The molecule has 0 aliphatic rings. The van der Waals surface area contributed by atoms with Gasteiger partial charge in [-0.2, -0.15) is 4.98 Å². The highest BCUT2D eigenvalue weighted by atomic mass is 35.5. The first-order valence-electron chi connectivity index (χ1n) is 10.6. The predicted molar refractivity (Wildman–Crippen MR) is 128 cm³/mol. The SMILES string of the molecule is CC(C)Oc1nc(-c2cccc(F)c2)n(-c2ccc(NC(=O)COc3ccc(Cl)cc3)cc2)n1. The van der Waals surface area contributed by atoms with E-state index in [-0.39, 0.29) is 30.4 Å². The van der Waals surface area contributed by atoms with Crippen LogP contribution in [0.2, 0.25) is 5.02 Å². The maximum Gasteiger partial charge on any atom is 0.336 e. The number of hydrogen-bond donors (Lipinski definition) is 1. The molecule has 0 saturated heterocycles. The molecular weight excluding hydrogens is 459 g/mol. The topological polar surface area (TPSA) is 78.3 Å². The number of carbonyl (C=O) groups is 1. The van der Waals surface area contributed by atoms with Gasteiger partial charge in [-0.3, -0.25) is 4.79 Å². The number of amides is 1. The van der Waals surface area contributed by atoms with E-state index in [0.29, 0.717) is 33.5 Å². The summed E-state index contributed by atoms with van der Waals surface area (Å²) >= 11 is 5.84. The van der Waals surface area contributed by atoms with Gasteiger partial charge in [0.1, 0.15) is 11.6 Å². The lowest BCUT2D eigenvalue weighted by molar-refractivity contribution is -0.118. The number of carbonyl (C=O) groups excluding carboxylic acids is 1. The third kappa shape index (κ3) is 5.90. The average molecular weight is 481 g/mol. The summed E-state index contributed by atoms with van der Waals surface area (Å²) in [5.74, 6) is 0.294. The largest absolute Gasteiger partial charge is 0.484 e. The van der Waals surface area contributed by atoms with Gasteiger partial charge in [-0.15, -0.1) is 5.10 Å². The number of nitrogens with zero attached hydrogens (tertiary/aromatic N) is 3. The predicted octanol–water partition coefficient (Wildman–Crippen LogP) is 5.53. The highest BCUT2D eigenvalue weighted by molar-refractivity contribution is 6.30. The van der Waals surface area contributed by atoms with E-state index in [0.717, 1.165) is 0 Å². The molecule has 4 aromatic rings. The van der Waals surface area contributed by atoms with Crippen molar-refractivity contribution in [3.05, 3.63) is 83.6 Å². The van der Waals surface area contributed by atoms with E-state index in [1.54, 1.807) is 65.3 Å². The third-order valence-electron chi connectivity index (χ3n) is 4.59. The second kappa shape index (κ2) is 10.4. The van der Waals surface area contributed by atoms with Crippen LogP contribution in [0.25, 0.3) is 17.1 Å². The maximum absolute atomic E-state index is 13.8. The molecule has 0 aliphatic heterocycles. The molecule has 1 N–H and O–H groups in total. The van der Waals surface area contributed by atoms with Crippen LogP contribution in [0.5, 0.6) is 11.8 Å². The van der Waals surface area contributed by atoms with E-state index in [4.69, 9.17) is 21.1 Å². The Hall–Kier alpha value is -3.91. The molecule has 34 heavy (non-hydrogen) atoms. The maximum atomic E-state index is 13.8. The Morgan fingerprint density at radius 2 is 1.82 bits per heavy atom. The zero-order valence-electron chi connectivity index (χ0n) is 18.5. The smallest absolute Gasteiger partial charge is 0.336 e. The number of halogens is 2. The van der Waals surface area contributed by atoms with E-state index in [9.17, 15) is 9.18 Å². The minimum Gasteiger partial charge on any atom is -0.484 e. The molecule has 1 aromatic heterocycles. The fraction of sp³-hybridized carbons (Fsp3) is 0.160. The van der Waals surface area contributed by atoms with Crippen LogP contribution in [0.4, 0.5) is 10.1 Å². The molecule has 0 radical (unpaired) electrons. The first-order chi connectivity index (χ1) is 16.4. The van der Waals surface area contributed by atoms with Crippen LogP contribution in [-0.2, 0) is 4.79 Å². The fourth-order valence-corrected chi connectivity index (χ4v) is 3.24. The van der Waals surface area contributed by atoms with Crippen molar-refractivity contribution in [1.82, 2.24) is 14.8 Å². The normalized spacial score (nSPS) is 10.9. The number of anilines is 1. The summed E-state index contributed by atoms with van der Waals surface area (Å²) in [5, 5.41) is 7.80. The minimum atomic E-state index is -0.378. The Bertz CT molecular complexity index is 1270. The summed E-state index contributed by atoms with van der Waals surface area (Å²) < 4.78 is 26.5. The van der Waals surface area contributed by atoms with Gasteiger partial charge in [-0.05, 0) is 74.5 Å². The van der Waals surface area contributed by atoms with E-state index >= 15 is 0 Å². The van der Waals surface area contributed by atoms with Crippen LogP contribution in [0, 0.1) is 5.82 Å². The Labute approximate surface area is 201 Å². The van der Waals surface area contributed by atoms with Crippen molar-refractivity contribution in [2.75, 3.05) is 11.9 Å². The molecule has 1 heterocycles.